The van der Waals surface area contributed by atoms with E-state index in [1.807, 2.05) is 20.8 Å². The highest BCUT2D eigenvalue weighted by Crippen LogP contribution is 2.21. The van der Waals surface area contributed by atoms with Crippen LogP contribution in [0.4, 0.5) is 0 Å². The van der Waals surface area contributed by atoms with E-state index < -0.39 is 10.1 Å². The molecule has 0 aliphatic heterocycles. The zero-order valence-electron chi connectivity index (χ0n) is 9.86. The summed E-state index contributed by atoms with van der Waals surface area (Å²) in [6.45, 7) is 5.67. The Balaban J connectivity index is 2.89. The van der Waals surface area contributed by atoms with Crippen LogP contribution in [0.2, 0.25) is 0 Å². The van der Waals surface area contributed by atoms with Gasteiger partial charge in [0.15, 0.2) is 0 Å². The second-order valence-electron chi connectivity index (χ2n) is 3.60. The van der Waals surface area contributed by atoms with Crippen LogP contribution >= 0.6 is 0 Å². The lowest BCUT2D eigenvalue weighted by Gasteiger charge is -2.12. The number of benzene rings is 1. The fraction of sp³-hybridized carbons (Fsp3) is 0.417. The fourth-order valence-corrected chi connectivity index (χ4v) is 2.39. The lowest BCUT2D eigenvalue weighted by Crippen LogP contribution is -2.10. The summed E-state index contributed by atoms with van der Waals surface area (Å²) in [5.74, 6) is 0. The molecule has 0 bridgehead atoms. The molecule has 16 heavy (non-hydrogen) atoms. The molecule has 0 amide bonds. The van der Waals surface area contributed by atoms with Gasteiger partial charge in [-0.3, -0.25) is 4.18 Å². The molecular formula is C12H17O3S. The molecule has 0 aliphatic carbocycles. The third kappa shape index (κ3) is 3.32. The zero-order chi connectivity index (χ0) is 12.2. The monoisotopic (exact) mass is 241 g/mol. The summed E-state index contributed by atoms with van der Waals surface area (Å²) in [6, 6.07) is 6.64. The molecule has 0 N–H and O–H groups in total. The maximum absolute atomic E-state index is 11.8. The molecule has 0 unspecified atom stereocenters. The number of rotatable bonds is 5. The third-order valence-corrected chi connectivity index (χ3v) is 3.63. The van der Waals surface area contributed by atoms with Gasteiger partial charge in [0, 0.05) is 0 Å². The van der Waals surface area contributed by atoms with Crippen LogP contribution in [0.5, 0.6) is 0 Å². The first-order valence-corrected chi connectivity index (χ1v) is 6.76. The second-order valence-corrected chi connectivity index (χ2v) is 5.14. The summed E-state index contributed by atoms with van der Waals surface area (Å²) < 4.78 is 28.7. The van der Waals surface area contributed by atoms with Crippen molar-refractivity contribution < 1.29 is 12.6 Å². The van der Waals surface area contributed by atoms with Crippen LogP contribution in [0.3, 0.4) is 0 Å². The predicted octanol–water partition coefficient (Wildman–Crippen LogP) is 3.05. The highest BCUT2D eigenvalue weighted by Gasteiger charge is 2.20. The Morgan fingerprint density at radius 3 is 2.06 bits per heavy atom. The van der Waals surface area contributed by atoms with Gasteiger partial charge >= 0.3 is 0 Å². The zero-order valence-corrected chi connectivity index (χ0v) is 10.7. The van der Waals surface area contributed by atoms with Gasteiger partial charge in [0.2, 0.25) is 0 Å². The molecule has 1 radical (unpaired) electrons. The Labute approximate surface area is 97.6 Å². The van der Waals surface area contributed by atoms with Crippen molar-refractivity contribution in [3.05, 3.63) is 35.9 Å². The van der Waals surface area contributed by atoms with Crippen molar-refractivity contribution in [2.24, 2.45) is 0 Å². The van der Waals surface area contributed by atoms with E-state index in [0.29, 0.717) is 18.9 Å². The number of aryl methyl sites for hydroxylation is 1. The van der Waals surface area contributed by atoms with Crippen LogP contribution in [0, 0.1) is 13.0 Å². The molecule has 0 atom stereocenters. The molecule has 0 aromatic heterocycles. The first-order chi connectivity index (χ1) is 7.49. The topological polar surface area (TPSA) is 43.4 Å². The summed E-state index contributed by atoms with van der Waals surface area (Å²) in [5.41, 5.74) is 1.02. The predicted molar refractivity (Wildman–Crippen MR) is 63.3 cm³/mol. The van der Waals surface area contributed by atoms with Crippen LogP contribution < -0.4 is 0 Å². The van der Waals surface area contributed by atoms with E-state index in [4.69, 9.17) is 4.18 Å². The van der Waals surface area contributed by atoms with Crippen LogP contribution in [0.1, 0.15) is 32.3 Å². The first kappa shape index (κ1) is 13.2. The van der Waals surface area contributed by atoms with Crippen molar-refractivity contribution in [1.29, 1.82) is 0 Å². The molecule has 0 spiro atoms. The molecule has 0 heterocycles. The highest BCUT2D eigenvalue weighted by molar-refractivity contribution is 7.86. The van der Waals surface area contributed by atoms with Crippen molar-refractivity contribution >= 4 is 10.1 Å². The Morgan fingerprint density at radius 1 is 1.12 bits per heavy atom. The molecule has 1 aromatic carbocycles. The lowest BCUT2D eigenvalue weighted by atomic mass is 10.2. The molecule has 1 rings (SSSR count). The maximum atomic E-state index is 11.8. The molecule has 0 saturated heterocycles. The molecule has 4 heteroatoms. The van der Waals surface area contributed by atoms with Crippen molar-refractivity contribution in [3.8, 4) is 0 Å². The minimum absolute atomic E-state index is 0.206. The van der Waals surface area contributed by atoms with E-state index in [1.165, 1.54) is 0 Å². The Hall–Kier alpha value is -0.870. The molecule has 89 valence electrons. The molecule has 0 aliphatic rings. The van der Waals surface area contributed by atoms with Gasteiger partial charge in [-0.05, 0) is 31.9 Å². The van der Waals surface area contributed by atoms with Crippen LogP contribution in [0.15, 0.2) is 29.2 Å². The van der Waals surface area contributed by atoms with Gasteiger partial charge in [0.25, 0.3) is 10.1 Å². The summed E-state index contributed by atoms with van der Waals surface area (Å²) in [6.07, 6.45) is 1.81. The summed E-state index contributed by atoms with van der Waals surface area (Å²) in [4.78, 5) is 0.206. The number of hydrogen-bond acceptors (Lipinski definition) is 3. The average molecular weight is 241 g/mol. The minimum atomic E-state index is -3.64. The SMILES string of the molecule is CC[C](CC)OS(=O)(=O)c1ccc(C)cc1. The molecule has 0 fully saturated rings. The smallest absolute Gasteiger partial charge is 0.257 e. The first-order valence-electron chi connectivity index (χ1n) is 5.35. The van der Waals surface area contributed by atoms with Gasteiger partial charge in [-0.15, -0.1) is 0 Å². The molecule has 1 aromatic rings. The lowest BCUT2D eigenvalue weighted by molar-refractivity contribution is 0.304. The normalized spacial score (nSPS) is 12.0. The second kappa shape index (κ2) is 5.46. The van der Waals surface area contributed by atoms with E-state index in [9.17, 15) is 8.42 Å². The van der Waals surface area contributed by atoms with Crippen molar-refractivity contribution in [3.63, 3.8) is 0 Å². The van der Waals surface area contributed by atoms with Crippen molar-refractivity contribution in [2.75, 3.05) is 0 Å². The van der Waals surface area contributed by atoms with E-state index in [2.05, 4.69) is 0 Å². The number of hydrogen-bond donors (Lipinski definition) is 0. The maximum Gasteiger partial charge on any atom is 0.297 e. The van der Waals surface area contributed by atoms with Crippen LogP contribution in [-0.4, -0.2) is 8.42 Å². The average Bonchev–Trinajstić information content (AvgIpc) is 2.26. The largest absolute Gasteiger partial charge is 0.297 e. The van der Waals surface area contributed by atoms with Crippen molar-refractivity contribution in [1.82, 2.24) is 0 Å². The summed E-state index contributed by atoms with van der Waals surface area (Å²) in [5, 5.41) is 0. The van der Waals surface area contributed by atoms with E-state index in [1.54, 1.807) is 24.3 Å². The summed E-state index contributed by atoms with van der Waals surface area (Å²) in [7, 11) is -3.64. The van der Waals surface area contributed by atoms with E-state index in [-0.39, 0.29) is 4.90 Å². The van der Waals surface area contributed by atoms with Gasteiger partial charge in [0.05, 0.1) is 4.90 Å². The molecule has 3 nitrogen and oxygen atoms in total. The Bertz CT molecular complexity index is 416. The Morgan fingerprint density at radius 2 is 1.62 bits per heavy atom. The van der Waals surface area contributed by atoms with Crippen LogP contribution in [0.25, 0.3) is 0 Å². The minimum Gasteiger partial charge on any atom is -0.257 e. The van der Waals surface area contributed by atoms with Gasteiger partial charge < -0.3 is 0 Å². The van der Waals surface area contributed by atoms with Crippen molar-refractivity contribution in [2.45, 2.75) is 38.5 Å². The van der Waals surface area contributed by atoms with Gasteiger partial charge in [-0.2, -0.15) is 8.42 Å². The van der Waals surface area contributed by atoms with E-state index in [0.717, 1.165) is 5.56 Å². The molecule has 0 saturated carbocycles. The van der Waals surface area contributed by atoms with E-state index >= 15 is 0 Å². The Kier molecular flexibility index (Phi) is 4.50. The quantitative estimate of drug-likeness (QED) is 0.744. The molecular weight excluding hydrogens is 224 g/mol. The fourth-order valence-electron chi connectivity index (χ4n) is 1.28. The standard InChI is InChI=1S/C12H17O3S/c1-4-11(5-2)15-16(13,14)12-8-6-10(3)7-9-12/h6-9H,4-5H2,1-3H3. The summed E-state index contributed by atoms with van der Waals surface area (Å²) >= 11 is 0. The van der Waals surface area contributed by atoms with Gasteiger partial charge in [0.1, 0.15) is 6.10 Å². The third-order valence-electron chi connectivity index (χ3n) is 2.33. The highest BCUT2D eigenvalue weighted by atomic mass is 32.2. The van der Waals surface area contributed by atoms with Gasteiger partial charge in [-0.1, -0.05) is 31.5 Å². The van der Waals surface area contributed by atoms with Crippen LogP contribution in [-0.2, 0) is 14.3 Å². The van der Waals surface area contributed by atoms with Gasteiger partial charge in [-0.25, -0.2) is 0 Å².